The molecule has 0 radical (unpaired) electrons. The van der Waals surface area contributed by atoms with Gasteiger partial charge in [-0.3, -0.25) is 4.79 Å². The largest absolute Gasteiger partial charge is 0.497 e. The molecule has 0 aliphatic carbocycles. The van der Waals surface area contributed by atoms with E-state index in [9.17, 15) is 13.6 Å². The fourth-order valence-corrected chi connectivity index (χ4v) is 1.12. The normalized spacial score (nSPS) is 10.3. The Labute approximate surface area is 91.6 Å². The summed E-state index contributed by atoms with van der Waals surface area (Å²) in [6, 6.07) is 6.21. The van der Waals surface area contributed by atoms with Gasteiger partial charge >= 0.3 is 0 Å². The maximum absolute atomic E-state index is 12.0. The van der Waals surface area contributed by atoms with Crippen molar-refractivity contribution < 1.29 is 18.3 Å². The highest BCUT2D eigenvalue weighted by atomic mass is 19.3. The number of hydrogen-bond donors (Lipinski definition) is 1. The van der Waals surface area contributed by atoms with Crippen molar-refractivity contribution in [2.45, 2.75) is 12.8 Å². The number of alkyl halides is 2. The van der Waals surface area contributed by atoms with Crippen LogP contribution in [0.1, 0.15) is 6.42 Å². The second-order valence-corrected chi connectivity index (χ2v) is 3.06. The monoisotopic (exact) mass is 230 g/mol. The van der Waals surface area contributed by atoms with E-state index in [1.807, 2.05) is 0 Å². The van der Waals surface area contributed by atoms with Gasteiger partial charge in [0.25, 0.3) is 0 Å². The first kappa shape index (κ1) is 12.4. The van der Waals surface area contributed by atoms with Crippen LogP contribution in [0.5, 0.6) is 5.75 Å². The van der Waals surface area contributed by atoms with Gasteiger partial charge in [-0.15, -0.1) is 0 Å². The Morgan fingerprint density at radius 1 is 1.44 bits per heavy atom. The number of methoxy groups -OCH3 is 1. The third-order valence-electron chi connectivity index (χ3n) is 1.95. The first-order valence-corrected chi connectivity index (χ1v) is 4.54. The van der Waals surface area contributed by atoms with Crippen molar-refractivity contribution in [3.05, 3.63) is 24.3 Å². The van der Waals surface area contributed by atoms with Crippen LogP contribution in [0.25, 0.3) is 0 Å². The molecule has 0 heterocycles. The van der Waals surface area contributed by atoms with Crippen LogP contribution in [0.4, 0.5) is 14.5 Å². The number of amides is 1. The highest BCUT2D eigenvalue weighted by Crippen LogP contribution is 2.18. The molecule has 4 nitrogen and oxygen atoms in total. The minimum absolute atomic E-state index is 0.339. The molecule has 0 fully saturated rings. The number of carbonyl (C=O) groups excluding carboxylic acids is 1. The van der Waals surface area contributed by atoms with Crippen molar-refractivity contribution in [1.82, 2.24) is 0 Å². The zero-order chi connectivity index (χ0) is 12.1. The Hall–Kier alpha value is -1.69. The molecule has 2 N–H and O–H groups in total. The van der Waals surface area contributed by atoms with Crippen molar-refractivity contribution >= 4 is 11.6 Å². The van der Waals surface area contributed by atoms with Crippen LogP contribution in [0, 0.1) is 0 Å². The van der Waals surface area contributed by atoms with Crippen molar-refractivity contribution in [3.8, 4) is 5.75 Å². The Morgan fingerprint density at radius 3 is 2.44 bits per heavy atom. The van der Waals surface area contributed by atoms with Gasteiger partial charge in [0.1, 0.15) is 5.75 Å². The van der Waals surface area contributed by atoms with Crippen LogP contribution in [0.15, 0.2) is 24.3 Å². The minimum atomic E-state index is -2.70. The summed E-state index contributed by atoms with van der Waals surface area (Å²) in [6.07, 6.45) is -3.58. The molecule has 1 aromatic carbocycles. The highest BCUT2D eigenvalue weighted by Gasteiger charge is 2.16. The van der Waals surface area contributed by atoms with Gasteiger partial charge in [-0.05, 0) is 24.3 Å². The number of nitrogens with two attached hydrogens (primary N) is 1. The summed E-state index contributed by atoms with van der Waals surface area (Å²) in [4.78, 5) is 11.2. The van der Waals surface area contributed by atoms with E-state index in [0.29, 0.717) is 16.4 Å². The van der Waals surface area contributed by atoms with Crippen LogP contribution in [0.2, 0.25) is 0 Å². The molecule has 0 atom stereocenters. The van der Waals surface area contributed by atoms with Crippen molar-refractivity contribution in [3.63, 3.8) is 0 Å². The molecule has 0 aliphatic heterocycles. The summed E-state index contributed by atoms with van der Waals surface area (Å²) in [6.45, 7) is 0. The summed E-state index contributed by atoms with van der Waals surface area (Å²) in [5, 5.41) is 0.700. The van der Waals surface area contributed by atoms with Crippen LogP contribution in [-0.4, -0.2) is 19.4 Å². The zero-order valence-corrected chi connectivity index (χ0v) is 8.69. The number of nitrogens with zero attached hydrogens (tertiary/aromatic N) is 1. The van der Waals surface area contributed by atoms with E-state index in [1.54, 1.807) is 12.1 Å². The lowest BCUT2D eigenvalue weighted by atomic mass is 10.3. The molecular weight excluding hydrogens is 218 g/mol. The predicted molar refractivity (Wildman–Crippen MR) is 55.3 cm³/mol. The number of rotatable bonds is 4. The number of carbonyl (C=O) groups is 1. The molecule has 0 unspecified atom stereocenters. The van der Waals surface area contributed by atoms with E-state index in [-0.39, 0.29) is 0 Å². The maximum Gasteiger partial charge on any atom is 0.247 e. The zero-order valence-electron chi connectivity index (χ0n) is 8.69. The van der Waals surface area contributed by atoms with Crippen molar-refractivity contribution in [2.24, 2.45) is 5.84 Å². The van der Waals surface area contributed by atoms with Crippen LogP contribution < -0.4 is 15.6 Å². The standard InChI is InChI=1S/C10H12F2N2O2/c1-16-8-4-2-7(3-5-8)14(13)10(15)6-9(11)12/h2-5,9H,6,13H2,1H3. The predicted octanol–water partition coefficient (Wildman–Crippen LogP) is 1.56. The molecule has 1 amide bonds. The van der Waals surface area contributed by atoms with E-state index >= 15 is 0 Å². The van der Waals surface area contributed by atoms with Gasteiger partial charge in [0.05, 0.1) is 19.2 Å². The Kier molecular flexibility index (Phi) is 4.19. The first-order valence-electron chi connectivity index (χ1n) is 4.54. The molecule has 0 bridgehead atoms. The average molecular weight is 230 g/mol. The lowest BCUT2D eigenvalue weighted by molar-refractivity contribution is -0.121. The lowest BCUT2D eigenvalue weighted by Gasteiger charge is -2.16. The van der Waals surface area contributed by atoms with E-state index < -0.39 is 18.8 Å². The number of halogens is 2. The molecule has 16 heavy (non-hydrogen) atoms. The fourth-order valence-electron chi connectivity index (χ4n) is 1.12. The highest BCUT2D eigenvalue weighted by molar-refractivity contribution is 5.92. The topological polar surface area (TPSA) is 55.6 Å². The second kappa shape index (κ2) is 5.41. The molecule has 6 heteroatoms. The minimum Gasteiger partial charge on any atom is -0.497 e. The molecule has 0 aliphatic rings. The fraction of sp³-hybridized carbons (Fsp3) is 0.300. The molecule has 0 spiro atoms. The second-order valence-electron chi connectivity index (χ2n) is 3.06. The van der Waals surface area contributed by atoms with Crippen molar-refractivity contribution in [2.75, 3.05) is 12.1 Å². The van der Waals surface area contributed by atoms with Gasteiger partial charge in [0.2, 0.25) is 12.3 Å². The molecule has 88 valence electrons. The van der Waals surface area contributed by atoms with Gasteiger partial charge in [-0.1, -0.05) is 0 Å². The first-order chi connectivity index (χ1) is 7.54. The summed E-state index contributed by atoms with van der Waals surface area (Å²) >= 11 is 0. The molecule has 0 aromatic heterocycles. The summed E-state index contributed by atoms with van der Waals surface area (Å²) in [7, 11) is 1.50. The quantitative estimate of drug-likeness (QED) is 0.485. The van der Waals surface area contributed by atoms with Gasteiger partial charge in [-0.2, -0.15) is 0 Å². The lowest BCUT2D eigenvalue weighted by Crippen LogP contribution is -2.38. The van der Waals surface area contributed by atoms with Crippen molar-refractivity contribution in [1.29, 1.82) is 0 Å². The Morgan fingerprint density at radius 2 is 2.00 bits per heavy atom. The Balaban J connectivity index is 2.72. The van der Waals surface area contributed by atoms with Crippen LogP contribution in [0.3, 0.4) is 0 Å². The Bertz CT molecular complexity index is 354. The van der Waals surface area contributed by atoms with E-state index in [2.05, 4.69) is 0 Å². The number of anilines is 1. The van der Waals surface area contributed by atoms with E-state index in [1.165, 1.54) is 19.2 Å². The van der Waals surface area contributed by atoms with Crippen LogP contribution in [-0.2, 0) is 4.79 Å². The summed E-state index contributed by atoms with van der Waals surface area (Å²) < 4.78 is 28.8. The van der Waals surface area contributed by atoms with Gasteiger partial charge in [-0.25, -0.2) is 19.6 Å². The van der Waals surface area contributed by atoms with Gasteiger partial charge < -0.3 is 4.74 Å². The van der Waals surface area contributed by atoms with Gasteiger partial charge in [0, 0.05) is 0 Å². The SMILES string of the molecule is COc1ccc(N(N)C(=O)CC(F)F)cc1. The molecule has 1 aromatic rings. The molecule has 0 saturated carbocycles. The van der Waals surface area contributed by atoms with E-state index in [0.717, 1.165) is 0 Å². The molecule has 0 saturated heterocycles. The average Bonchev–Trinajstić information content (AvgIpc) is 2.27. The third-order valence-corrected chi connectivity index (χ3v) is 1.95. The molecular formula is C10H12F2N2O2. The van der Waals surface area contributed by atoms with Gasteiger partial charge in [0.15, 0.2) is 0 Å². The third kappa shape index (κ3) is 3.16. The van der Waals surface area contributed by atoms with Crippen LogP contribution >= 0.6 is 0 Å². The smallest absolute Gasteiger partial charge is 0.247 e. The number of hydrogen-bond acceptors (Lipinski definition) is 3. The number of ether oxygens (including phenoxy) is 1. The summed E-state index contributed by atoms with van der Waals surface area (Å²) in [5.41, 5.74) is 0.339. The maximum atomic E-state index is 12.0. The molecule has 1 rings (SSSR count). The van der Waals surface area contributed by atoms with E-state index in [4.69, 9.17) is 10.6 Å². The number of hydrazine groups is 1. The number of benzene rings is 1. The summed E-state index contributed by atoms with van der Waals surface area (Å²) in [5.74, 6) is 5.15.